The summed E-state index contributed by atoms with van der Waals surface area (Å²) in [6.45, 7) is 5.67. The zero-order chi connectivity index (χ0) is 34.4. The number of allylic oxidation sites excluding steroid dienone is 4. The summed E-state index contributed by atoms with van der Waals surface area (Å²) in [5.41, 5.74) is 3.63. The first-order valence-electron chi connectivity index (χ1n) is 15.5. The van der Waals surface area contributed by atoms with E-state index >= 15 is 0 Å². The van der Waals surface area contributed by atoms with E-state index < -0.39 is 23.5 Å². The third kappa shape index (κ3) is 6.02. The van der Waals surface area contributed by atoms with E-state index in [4.69, 9.17) is 4.42 Å². The standard InChI is InChI=1S/C39H36O9/c1-19(2)4-6-27-32(43)9-8-28(38(27)46)39(47)37-30(26-7-5-23(40)17-33(26)44)10-20(3)11-31(37)29-14-22-15-35(48-36(22)18-34(29)45)21-12-24(41)16-25(42)13-21/h4-5,7-9,11-18,30-31,37,40-46H,6,10H2,1-3H3. The van der Waals surface area contributed by atoms with Crippen molar-refractivity contribution < 1.29 is 45.0 Å². The van der Waals surface area contributed by atoms with Gasteiger partial charge in [0, 0.05) is 58.0 Å². The van der Waals surface area contributed by atoms with E-state index in [1.165, 1.54) is 48.5 Å². The van der Waals surface area contributed by atoms with Crippen molar-refractivity contribution >= 4 is 16.8 Å². The number of phenols is 7. The fourth-order valence-electron chi connectivity index (χ4n) is 6.73. The first-order chi connectivity index (χ1) is 22.8. The van der Waals surface area contributed by atoms with Crippen LogP contribution in [0.5, 0.6) is 40.2 Å². The Morgan fingerprint density at radius 3 is 2.19 bits per heavy atom. The first-order valence-corrected chi connectivity index (χ1v) is 15.5. The Bertz CT molecular complexity index is 2110. The van der Waals surface area contributed by atoms with Crippen LogP contribution >= 0.6 is 0 Å². The number of rotatable bonds is 7. The number of Topliss-reactive ketones (excluding diaryl/α,β-unsaturated/α-hetero) is 1. The van der Waals surface area contributed by atoms with Crippen LogP contribution in [-0.2, 0) is 6.42 Å². The number of carbonyl (C=O) groups excluding carboxylic acids is 1. The van der Waals surface area contributed by atoms with E-state index in [1.807, 2.05) is 32.9 Å². The number of aromatic hydroxyl groups is 7. The van der Waals surface area contributed by atoms with Crippen molar-refractivity contribution in [3.63, 3.8) is 0 Å². The van der Waals surface area contributed by atoms with E-state index in [-0.39, 0.29) is 57.8 Å². The highest BCUT2D eigenvalue weighted by Crippen LogP contribution is 2.52. The molecule has 246 valence electrons. The number of ketones is 1. The van der Waals surface area contributed by atoms with Crippen molar-refractivity contribution in [1.82, 2.24) is 0 Å². The summed E-state index contributed by atoms with van der Waals surface area (Å²) in [5, 5.41) is 75.0. The predicted octanol–water partition coefficient (Wildman–Crippen LogP) is 8.26. The molecule has 0 saturated heterocycles. The molecule has 0 fully saturated rings. The Labute approximate surface area is 276 Å². The van der Waals surface area contributed by atoms with Gasteiger partial charge >= 0.3 is 0 Å². The topological polar surface area (TPSA) is 172 Å². The van der Waals surface area contributed by atoms with Crippen molar-refractivity contribution in [2.24, 2.45) is 5.92 Å². The van der Waals surface area contributed by atoms with Gasteiger partial charge in [0.15, 0.2) is 5.78 Å². The van der Waals surface area contributed by atoms with Crippen LogP contribution in [0.2, 0.25) is 0 Å². The molecular formula is C39H36O9. The molecule has 7 N–H and O–H groups in total. The molecule has 0 spiro atoms. The number of hydrogen-bond acceptors (Lipinski definition) is 9. The van der Waals surface area contributed by atoms with E-state index in [0.717, 1.165) is 11.1 Å². The minimum Gasteiger partial charge on any atom is -0.508 e. The van der Waals surface area contributed by atoms with Gasteiger partial charge in [0.2, 0.25) is 0 Å². The minimum atomic E-state index is -0.950. The number of carbonyl (C=O) groups is 1. The third-order valence-electron chi connectivity index (χ3n) is 8.99. The molecule has 6 rings (SSSR count). The Kier molecular flexibility index (Phi) is 8.30. The molecule has 1 aromatic heterocycles. The SMILES string of the molecule is CC(C)=CCc1c(O)ccc(C(=O)C2C(c3cc4cc(-c5cc(O)cc(O)c5)oc4cc3O)C=C(C)CC2c2ccc(O)cc2O)c1O. The summed E-state index contributed by atoms with van der Waals surface area (Å²) in [7, 11) is 0. The Morgan fingerprint density at radius 2 is 1.50 bits per heavy atom. The highest BCUT2D eigenvalue weighted by molar-refractivity contribution is 6.02. The lowest BCUT2D eigenvalue weighted by atomic mass is 9.65. The van der Waals surface area contributed by atoms with Crippen LogP contribution in [0.25, 0.3) is 22.3 Å². The Balaban J connectivity index is 1.52. The monoisotopic (exact) mass is 648 g/mol. The molecular weight excluding hydrogens is 612 g/mol. The van der Waals surface area contributed by atoms with Crippen molar-refractivity contribution in [3.05, 3.63) is 112 Å². The maximum absolute atomic E-state index is 14.7. The summed E-state index contributed by atoms with van der Waals surface area (Å²) in [4.78, 5) is 14.7. The van der Waals surface area contributed by atoms with Crippen LogP contribution < -0.4 is 0 Å². The lowest BCUT2D eigenvalue weighted by Gasteiger charge is -2.37. The fourth-order valence-corrected chi connectivity index (χ4v) is 6.73. The van der Waals surface area contributed by atoms with Gasteiger partial charge in [0.05, 0.1) is 5.56 Å². The van der Waals surface area contributed by atoms with E-state index in [2.05, 4.69) is 0 Å². The number of benzene rings is 4. The maximum atomic E-state index is 14.7. The van der Waals surface area contributed by atoms with Crippen LogP contribution in [0.15, 0.2) is 94.4 Å². The van der Waals surface area contributed by atoms with Gasteiger partial charge in [-0.15, -0.1) is 0 Å². The summed E-state index contributed by atoms with van der Waals surface area (Å²) in [6, 6.07) is 15.9. The van der Waals surface area contributed by atoms with Gasteiger partial charge in [0.25, 0.3) is 0 Å². The van der Waals surface area contributed by atoms with Gasteiger partial charge in [-0.3, -0.25) is 4.79 Å². The van der Waals surface area contributed by atoms with Gasteiger partial charge < -0.3 is 40.2 Å². The second-order valence-corrected chi connectivity index (χ2v) is 12.7. The molecule has 0 radical (unpaired) electrons. The van der Waals surface area contributed by atoms with Gasteiger partial charge in [-0.05, 0) is 81.6 Å². The molecule has 9 heteroatoms. The number of fused-ring (bicyclic) bond motifs is 1. The number of phenolic OH excluding ortho intramolecular Hbond substituents is 7. The molecule has 0 saturated carbocycles. The van der Waals surface area contributed by atoms with Crippen molar-refractivity contribution in [2.45, 2.75) is 45.4 Å². The molecule has 0 amide bonds. The van der Waals surface area contributed by atoms with E-state index in [1.54, 1.807) is 18.2 Å². The van der Waals surface area contributed by atoms with E-state index in [9.17, 15) is 40.5 Å². The molecule has 0 aliphatic heterocycles. The molecule has 3 atom stereocenters. The number of hydrogen-bond donors (Lipinski definition) is 7. The molecule has 4 aromatic carbocycles. The van der Waals surface area contributed by atoms with Crippen LogP contribution in [0.4, 0.5) is 0 Å². The summed E-state index contributed by atoms with van der Waals surface area (Å²) in [5.74, 6) is -3.73. The average Bonchev–Trinajstić information content (AvgIpc) is 3.42. The molecule has 3 unspecified atom stereocenters. The van der Waals surface area contributed by atoms with Crippen molar-refractivity contribution in [3.8, 4) is 51.6 Å². The van der Waals surface area contributed by atoms with E-state index in [0.29, 0.717) is 39.8 Å². The quantitative estimate of drug-likeness (QED) is 0.0677. The Hall–Kier alpha value is -5.83. The summed E-state index contributed by atoms with van der Waals surface area (Å²) < 4.78 is 5.97. The van der Waals surface area contributed by atoms with Crippen LogP contribution in [0, 0.1) is 5.92 Å². The second-order valence-electron chi connectivity index (χ2n) is 12.7. The third-order valence-corrected chi connectivity index (χ3v) is 8.99. The van der Waals surface area contributed by atoms with Gasteiger partial charge in [0.1, 0.15) is 51.6 Å². The molecule has 1 heterocycles. The van der Waals surface area contributed by atoms with Crippen LogP contribution in [0.3, 0.4) is 0 Å². The van der Waals surface area contributed by atoms with Gasteiger partial charge in [-0.1, -0.05) is 29.4 Å². The lowest BCUT2D eigenvalue weighted by molar-refractivity contribution is 0.0877. The zero-order valence-electron chi connectivity index (χ0n) is 26.6. The average molecular weight is 649 g/mol. The van der Waals surface area contributed by atoms with Crippen LogP contribution in [0.1, 0.15) is 66.1 Å². The summed E-state index contributed by atoms with van der Waals surface area (Å²) in [6.07, 6.45) is 4.30. The molecule has 1 aliphatic rings. The predicted molar refractivity (Wildman–Crippen MR) is 181 cm³/mol. The zero-order valence-corrected chi connectivity index (χ0v) is 26.6. The highest BCUT2D eigenvalue weighted by Gasteiger charge is 2.42. The normalized spacial score (nSPS) is 17.6. The van der Waals surface area contributed by atoms with Gasteiger partial charge in [-0.2, -0.15) is 0 Å². The van der Waals surface area contributed by atoms with Gasteiger partial charge in [-0.25, -0.2) is 0 Å². The fraction of sp³-hybridized carbons (Fsp3) is 0.205. The van der Waals surface area contributed by atoms with Crippen molar-refractivity contribution in [2.75, 3.05) is 0 Å². The molecule has 48 heavy (non-hydrogen) atoms. The highest BCUT2D eigenvalue weighted by atomic mass is 16.3. The smallest absolute Gasteiger partial charge is 0.171 e. The van der Waals surface area contributed by atoms with Crippen molar-refractivity contribution in [1.29, 1.82) is 0 Å². The summed E-state index contributed by atoms with van der Waals surface area (Å²) >= 11 is 0. The first kappa shape index (κ1) is 32.1. The molecule has 0 bridgehead atoms. The minimum absolute atomic E-state index is 0.00830. The molecule has 5 aromatic rings. The lowest BCUT2D eigenvalue weighted by Crippen LogP contribution is -2.31. The molecule has 9 nitrogen and oxygen atoms in total. The largest absolute Gasteiger partial charge is 0.508 e. The second kappa shape index (κ2) is 12.4. The maximum Gasteiger partial charge on any atom is 0.171 e. The molecule has 1 aliphatic carbocycles. The number of furan rings is 1. The van der Waals surface area contributed by atoms with Crippen LogP contribution in [-0.4, -0.2) is 41.5 Å². The Morgan fingerprint density at radius 1 is 0.792 bits per heavy atom.